The molecule has 0 unspecified atom stereocenters. The van der Waals surface area contributed by atoms with Gasteiger partial charge in [-0.1, -0.05) is 59.6 Å². The Balaban J connectivity index is 1.65. The van der Waals surface area contributed by atoms with Crippen LogP contribution in [0.2, 0.25) is 5.02 Å². The van der Waals surface area contributed by atoms with Gasteiger partial charge in [-0.3, -0.25) is 14.5 Å². The third kappa shape index (κ3) is 3.65. The number of carbonyl (C=O) groups is 2. The number of carbonyl (C=O) groups excluding carboxylic acids is 2. The van der Waals surface area contributed by atoms with Gasteiger partial charge in [0.25, 0.3) is 5.91 Å². The van der Waals surface area contributed by atoms with Gasteiger partial charge in [-0.2, -0.15) is 0 Å². The SMILES string of the molecule is COc1ccc(Cl)cc1NC(=O)CN1C(=O)[C@](O)(c2ccc(C)cc2)c2ccccc21. The molecule has 158 valence electrons. The van der Waals surface area contributed by atoms with Crippen LogP contribution >= 0.6 is 11.6 Å². The van der Waals surface area contributed by atoms with Gasteiger partial charge < -0.3 is 15.2 Å². The normalized spacial score (nSPS) is 17.4. The molecular formula is C24H21ClN2O4. The number of ether oxygens (including phenoxy) is 1. The molecule has 3 aromatic rings. The Labute approximate surface area is 185 Å². The molecule has 6 nitrogen and oxygen atoms in total. The summed E-state index contributed by atoms with van der Waals surface area (Å²) < 4.78 is 5.26. The summed E-state index contributed by atoms with van der Waals surface area (Å²) in [5.74, 6) is -0.579. The van der Waals surface area contributed by atoms with Crippen molar-refractivity contribution in [1.82, 2.24) is 0 Å². The molecule has 0 saturated carbocycles. The predicted molar refractivity (Wildman–Crippen MR) is 120 cm³/mol. The van der Waals surface area contributed by atoms with Crippen molar-refractivity contribution in [2.45, 2.75) is 12.5 Å². The summed E-state index contributed by atoms with van der Waals surface area (Å²) in [5, 5.41) is 14.7. The molecule has 0 aliphatic carbocycles. The minimum Gasteiger partial charge on any atom is -0.495 e. The van der Waals surface area contributed by atoms with Crippen LogP contribution in [0.4, 0.5) is 11.4 Å². The van der Waals surface area contributed by atoms with Gasteiger partial charge >= 0.3 is 0 Å². The average molecular weight is 437 g/mol. The second-order valence-corrected chi connectivity index (χ2v) is 7.81. The second-order valence-electron chi connectivity index (χ2n) is 7.38. The molecule has 3 aromatic carbocycles. The molecule has 2 amide bonds. The number of aliphatic hydroxyl groups is 1. The van der Waals surface area contributed by atoms with Gasteiger partial charge in [-0.15, -0.1) is 0 Å². The van der Waals surface area contributed by atoms with Crippen LogP contribution in [0, 0.1) is 6.92 Å². The van der Waals surface area contributed by atoms with Gasteiger partial charge in [0.1, 0.15) is 12.3 Å². The van der Waals surface area contributed by atoms with Crippen molar-refractivity contribution >= 4 is 34.8 Å². The molecule has 0 aromatic heterocycles. The fraction of sp³-hybridized carbons (Fsp3) is 0.167. The lowest BCUT2D eigenvalue weighted by atomic mass is 9.87. The summed E-state index contributed by atoms with van der Waals surface area (Å²) in [6.45, 7) is 1.65. The van der Waals surface area contributed by atoms with Crippen molar-refractivity contribution in [3.63, 3.8) is 0 Å². The predicted octanol–water partition coefficient (Wildman–Crippen LogP) is 3.88. The van der Waals surface area contributed by atoms with Crippen LogP contribution < -0.4 is 15.0 Å². The lowest BCUT2D eigenvalue weighted by molar-refractivity contribution is -0.133. The Bertz CT molecular complexity index is 1160. The average Bonchev–Trinajstić information content (AvgIpc) is 2.97. The van der Waals surface area contributed by atoms with E-state index in [9.17, 15) is 14.7 Å². The molecule has 7 heteroatoms. The van der Waals surface area contributed by atoms with Crippen LogP contribution in [0.5, 0.6) is 5.75 Å². The highest BCUT2D eigenvalue weighted by Crippen LogP contribution is 2.44. The third-order valence-corrected chi connectivity index (χ3v) is 5.58. The lowest BCUT2D eigenvalue weighted by Crippen LogP contribution is -2.44. The maximum Gasteiger partial charge on any atom is 0.268 e. The first-order valence-electron chi connectivity index (χ1n) is 9.69. The molecule has 2 N–H and O–H groups in total. The number of aryl methyl sites for hydroxylation is 1. The van der Waals surface area contributed by atoms with Gasteiger partial charge in [0.05, 0.1) is 18.5 Å². The minimum absolute atomic E-state index is 0.278. The molecule has 31 heavy (non-hydrogen) atoms. The quantitative estimate of drug-likeness (QED) is 0.636. The van der Waals surface area contributed by atoms with Gasteiger partial charge in [-0.05, 0) is 36.8 Å². The Hall–Kier alpha value is -3.35. The number of fused-ring (bicyclic) bond motifs is 1. The molecule has 0 bridgehead atoms. The number of anilines is 2. The van der Waals surface area contributed by atoms with Crippen LogP contribution in [-0.2, 0) is 15.2 Å². The lowest BCUT2D eigenvalue weighted by Gasteiger charge is -2.24. The largest absolute Gasteiger partial charge is 0.495 e. The molecule has 0 radical (unpaired) electrons. The fourth-order valence-corrected chi connectivity index (χ4v) is 3.95. The van der Waals surface area contributed by atoms with E-state index in [1.54, 1.807) is 54.6 Å². The van der Waals surface area contributed by atoms with Crippen LogP contribution in [-0.4, -0.2) is 30.6 Å². The number of nitrogens with zero attached hydrogens (tertiary/aromatic N) is 1. The first-order chi connectivity index (χ1) is 14.8. The highest BCUT2D eigenvalue weighted by Gasteiger charge is 2.51. The molecule has 1 aliphatic heterocycles. The van der Waals surface area contributed by atoms with E-state index in [1.165, 1.54) is 12.0 Å². The summed E-state index contributed by atoms with van der Waals surface area (Å²) in [6.07, 6.45) is 0. The van der Waals surface area contributed by atoms with Crippen LogP contribution in [0.3, 0.4) is 0 Å². The van der Waals surface area contributed by atoms with E-state index in [0.29, 0.717) is 33.3 Å². The van der Waals surface area contributed by atoms with Gasteiger partial charge in [0, 0.05) is 10.6 Å². The molecule has 1 heterocycles. The zero-order chi connectivity index (χ0) is 22.2. The van der Waals surface area contributed by atoms with E-state index in [1.807, 2.05) is 19.1 Å². The molecule has 1 aliphatic rings. The van der Waals surface area contributed by atoms with E-state index in [4.69, 9.17) is 16.3 Å². The number of rotatable bonds is 5. The number of hydrogen-bond acceptors (Lipinski definition) is 4. The Morgan fingerprint density at radius 1 is 1.13 bits per heavy atom. The first-order valence-corrected chi connectivity index (χ1v) is 10.1. The van der Waals surface area contributed by atoms with Crippen molar-refractivity contribution in [3.05, 3.63) is 88.4 Å². The maximum absolute atomic E-state index is 13.4. The van der Waals surface area contributed by atoms with Crippen molar-refractivity contribution in [1.29, 1.82) is 0 Å². The Kier molecular flexibility index (Phi) is 5.43. The molecule has 0 saturated heterocycles. The van der Waals surface area contributed by atoms with E-state index in [2.05, 4.69) is 5.32 Å². The number of methoxy groups -OCH3 is 1. The number of amides is 2. The topological polar surface area (TPSA) is 78.9 Å². The summed E-state index contributed by atoms with van der Waals surface area (Å²) in [6, 6.07) is 18.9. The van der Waals surface area contributed by atoms with Gasteiger partial charge in [-0.25, -0.2) is 0 Å². The number of benzene rings is 3. The zero-order valence-corrected chi connectivity index (χ0v) is 17.8. The molecular weight excluding hydrogens is 416 g/mol. The second kappa shape index (κ2) is 8.06. The van der Waals surface area contributed by atoms with E-state index < -0.39 is 17.4 Å². The van der Waals surface area contributed by atoms with E-state index in [0.717, 1.165) is 5.56 Å². The molecule has 0 spiro atoms. The van der Waals surface area contributed by atoms with Crippen molar-refractivity contribution in [2.75, 3.05) is 23.9 Å². The first kappa shape index (κ1) is 20.9. The summed E-state index contributed by atoms with van der Waals surface area (Å²) in [4.78, 5) is 27.5. The Morgan fingerprint density at radius 3 is 2.55 bits per heavy atom. The number of halogens is 1. The standard InChI is InChI=1S/C24H21ClN2O4/c1-15-7-9-16(10-8-15)24(30)18-5-3-4-6-20(18)27(23(24)29)14-22(28)26-19-13-17(25)11-12-21(19)31-2/h3-13,30H,14H2,1-2H3,(H,26,28)/t24-/m0/s1. The van der Waals surface area contributed by atoms with Crippen LogP contribution in [0.15, 0.2) is 66.7 Å². The number of para-hydroxylation sites is 1. The third-order valence-electron chi connectivity index (χ3n) is 5.35. The smallest absolute Gasteiger partial charge is 0.268 e. The Morgan fingerprint density at radius 2 is 1.84 bits per heavy atom. The van der Waals surface area contributed by atoms with Crippen molar-refractivity contribution < 1.29 is 19.4 Å². The summed E-state index contributed by atoms with van der Waals surface area (Å²) in [5.41, 5.74) is 0.931. The highest BCUT2D eigenvalue weighted by molar-refractivity contribution is 6.31. The summed E-state index contributed by atoms with van der Waals surface area (Å²) >= 11 is 6.03. The highest BCUT2D eigenvalue weighted by atomic mass is 35.5. The minimum atomic E-state index is -1.86. The monoisotopic (exact) mass is 436 g/mol. The van der Waals surface area contributed by atoms with Crippen LogP contribution in [0.25, 0.3) is 0 Å². The molecule has 0 fully saturated rings. The van der Waals surface area contributed by atoms with E-state index >= 15 is 0 Å². The van der Waals surface area contributed by atoms with Gasteiger partial charge in [0.15, 0.2) is 5.60 Å². The van der Waals surface area contributed by atoms with Crippen molar-refractivity contribution in [2.24, 2.45) is 0 Å². The van der Waals surface area contributed by atoms with Crippen molar-refractivity contribution in [3.8, 4) is 5.75 Å². The van der Waals surface area contributed by atoms with Crippen LogP contribution in [0.1, 0.15) is 16.7 Å². The number of hydrogen-bond donors (Lipinski definition) is 2. The molecule has 4 rings (SSSR count). The number of nitrogens with one attached hydrogen (secondary N) is 1. The fourth-order valence-electron chi connectivity index (χ4n) is 3.78. The van der Waals surface area contributed by atoms with E-state index in [-0.39, 0.29) is 6.54 Å². The zero-order valence-electron chi connectivity index (χ0n) is 17.1. The van der Waals surface area contributed by atoms with Gasteiger partial charge in [0.2, 0.25) is 5.91 Å². The maximum atomic E-state index is 13.4. The summed E-state index contributed by atoms with van der Waals surface area (Å²) in [7, 11) is 1.49. The molecule has 1 atom stereocenters.